The van der Waals surface area contributed by atoms with E-state index in [1.54, 1.807) is 6.07 Å². The van der Waals surface area contributed by atoms with Crippen LogP contribution < -0.4 is 10.2 Å². The predicted octanol–water partition coefficient (Wildman–Crippen LogP) is 2.79. The quantitative estimate of drug-likeness (QED) is 0.674. The van der Waals surface area contributed by atoms with Gasteiger partial charge in [0.25, 0.3) is 5.69 Å². The molecule has 0 radical (unpaired) electrons. The van der Waals surface area contributed by atoms with Gasteiger partial charge in [0.2, 0.25) is 0 Å². The number of aromatic nitrogens is 3. The van der Waals surface area contributed by atoms with Crippen LogP contribution in [0.1, 0.15) is 29.9 Å². The molecule has 0 amide bonds. The number of hydrogen-bond acceptors (Lipinski definition) is 7. The summed E-state index contributed by atoms with van der Waals surface area (Å²) < 4.78 is 0. The summed E-state index contributed by atoms with van der Waals surface area (Å²) in [5.74, 6) is 2.49. The molecule has 1 fully saturated rings. The summed E-state index contributed by atoms with van der Waals surface area (Å²) in [6.45, 7) is 7.53. The summed E-state index contributed by atoms with van der Waals surface area (Å²) in [5, 5.41) is 14.2. The van der Waals surface area contributed by atoms with E-state index in [1.165, 1.54) is 6.20 Å². The molecule has 0 unspecified atom stereocenters. The topological polar surface area (TPSA) is 97.1 Å². The van der Waals surface area contributed by atoms with Gasteiger partial charge in [-0.1, -0.05) is 0 Å². The van der Waals surface area contributed by atoms with Crippen molar-refractivity contribution in [2.75, 3.05) is 23.3 Å². The number of nitrogens with zero attached hydrogens (tertiary/aromatic N) is 5. The van der Waals surface area contributed by atoms with E-state index in [9.17, 15) is 10.1 Å². The molecule has 1 N–H and O–H groups in total. The fourth-order valence-electron chi connectivity index (χ4n) is 3.12. The second kappa shape index (κ2) is 7.00. The third-order valence-corrected chi connectivity index (χ3v) is 4.39. The van der Waals surface area contributed by atoms with Crippen LogP contribution in [0, 0.1) is 30.9 Å². The Bertz CT molecular complexity index is 766. The standard InChI is InChI=1S/C17H22N6O2/c1-11-8-15(23(24)25)10-18-17(11)21-14-4-6-22(7-5-14)16-9-12(2)19-13(3)20-16/h8-10,14H,4-7H2,1-3H3,(H,18,21). The maximum Gasteiger partial charge on any atom is 0.287 e. The summed E-state index contributed by atoms with van der Waals surface area (Å²) in [6, 6.07) is 3.87. The average molecular weight is 342 g/mol. The van der Waals surface area contributed by atoms with Crippen molar-refractivity contribution in [1.82, 2.24) is 15.0 Å². The van der Waals surface area contributed by atoms with Gasteiger partial charge in [-0.2, -0.15) is 0 Å². The Labute approximate surface area is 146 Å². The monoisotopic (exact) mass is 342 g/mol. The average Bonchev–Trinajstić information content (AvgIpc) is 2.56. The Morgan fingerprint density at radius 2 is 1.92 bits per heavy atom. The number of piperidine rings is 1. The zero-order valence-electron chi connectivity index (χ0n) is 14.7. The number of aryl methyl sites for hydroxylation is 3. The first-order valence-corrected chi connectivity index (χ1v) is 8.37. The predicted molar refractivity (Wildman–Crippen MR) is 96.0 cm³/mol. The minimum atomic E-state index is -0.423. The van der Waals surface area contributed by atoms with E-state index < -0.39 is 4.92 Å². The molecule has 2 aromatic rings. The van der Waals surface area contributed by atoms with Crippen molar-refractivity contribution in [1.29, 1.82) is 0 Å². The van der Waals surface area contributed by atoms with E-state index in [0.717, 1.165) is 54.6 Å². The Morgan fingerprint density at radius 3 is 2.52 bits per heavy atom. The number of nitro groups is 1. The van der Waals surface area contributed by atoms with Crippen molar-refractivity contribution in [3.63, 3.8) is 0 Å². The van der Waals surface area contributed by atoms with Gasteiger partial charge in [-0.25, -0.2) is 15.0 Å². The zero-order valence-corrected chi connectivity index (χ0v) is 14.7. The lowest BCUT2D eigenvalue weighted by molar-refractivity contribution is -0.385. The molecule has 25 heavy (non-hydrogen) atoms. The molecule has 1 aliphatic heterocycles. The zero-order chi connectivity index (χ0) is 18.0. The number of anilines is 2. The van der Waals surface area contributed by atoms with Crippen LogP contribution in [0.3, 0.4) is 0 Å². The molecule has 3 rings (SSSR count). The van der Waals surface area contributed by atoms with E-state index in [-0.39, 0.29) is 5.69 Å². The third kappa shape index (κ3) is 4.01. The molecule has 0 spiro atoms. The number of pyridine rings is 1. The van der Waals surface area contributed by atoms with Crippen molar-refractivity contribution in [3.05, 3.63) is 45.5 Å². The Hall–Kier alpha value is -2.77. The SMILES string of the molecule is Cc1cc(N2CCC(Nc3ncc([N+](=O)[O-])cc3C)CC2)nc(C)n1. The molecule has 1 saturated heterocycles. The number of rotatable bonds is 4. The summed E-state index contributed by atoms with van der Waals surface area (Å²) in [5.41, 5.74) is 1.79. The molecule has 0 aliphatic carbocycles. The second-order valence-corrected chi connectivity index (χ2v) is 6.44. The minimum Gasteiger partial charge on any atom is -0.367 e. The van der Waals surface area contributed by atoms with Gasteiger partial charge in [0.15, 0.2) is 0 Å². The highest BCUT2D eigenvalue weighted by molar-refractivity contribution is 5.49. The lowest BCUT2D eigenvalue weighted by Crippen LogP contribution is -2.40. The van der Waals surface area contributed by atoms with Gasteiger partial charge in [0.05, 0.1) is 4.92 Å². The molecular formula is C17H22N6O2. The van der Waals surface area contributed by atoms with Gasteiger partial charge in [-0.3, -0.25) is 10.1 Å². The Morgan fingerprint density at radius 1 is 1.20 bits per heavy atom. The minimum absolute atomic E-state index is 0.0207. The van der Waals surface area contributed by atoms with Crippen LogP contribution in [-0.4, -0.2) is 39.0 Å². The summed E-state index contributed by atoms with van der Waals surface area (Å²) in [4.78, 5) is 25.7. The van der Waals surface area contributed by atoms with Crippen molar-refractivity contribution in [2.45, 2.75) is 39.7 Å². The lowest BCUT2D eigenvalue weighted by Gasteiger charge is -2.33. The second-order valence-electron chi connectivity index (χ2n) is 6.44. The number of nitrogens with one attached hydrogen (secondary N) is 1. The van der Waals surface area contributed by atoms with Crippen molar-refractivity contribution >= 4 is 17.3 Å². The highest BCUT2D eigenvalue weighted by atomic mass is 16.6. The largest absolute Gasteiger partial charge is 0.367 e. The molecule has 0 aromatic carbocycles. The van der Waals surface area contributed by atoms with Gasteiger partial charge in [-0.15, -0.1) is 0 Å². The van der Waals surface area contributed by atoms with E-state index in [1.807, 2.05) is 26.8 Å². The van der Waals surface area contributed by atoms with Gasteiger partial charge < -0.3 is 10.2 Å². The van der Waals surface area contributed by atoms with E-state index in [2.05, 4.69) is 25.2 Å². The highest BCUT2D eigenvalue weighted by Gasteiger charge is 2.21. The third-order valence-electron chi connectivity index (χ3n) is 4.39. The summed E-state index contributed by atoms with van der Waals surface area (Å²) >= 11 is 0. The van der Waals surface area contributed by atoms with Crippen LogP contribution in [0.2, 0.25) is 0 Å². The maximum absolute atomic E-state index is 10.8. The molecule has 8 heteroatoms. The van der Waals surface area contributed by atoms with Gasteiger partial charge in [0.1, 0.15) is 23.7 Å². The van der Waals surface area contributed by atoms with Crippen molar-refractivity contribution in [2.24, 2.45) is 0 Å². The Balaban J connectivity index is 1.62. The van der Waals surface area contributed by atoms with Crippen LogP contribution in [0.4, 0.5) is 17.3 Å². The lowest BCUT2D eigenvalue weighted by atomic mass is 10.0. The number of hydrogen-bond donors (Lipinski definition) is 1. The molecule has 0 atom stereocenters. The van der Waals surface area contributed by atoms with Crippen LogP contribution in [0.5, 0.6) is 0 Å². The molecule has 132 valence electrons. The molecule has 8 nitrogen and oxygen atoms in total. The molecular weight excluding hydrogens is 320 g/mol. The summed E-state index contributed by atoms with van der Waals surface area (Å²) in [7, 11) is 0. The molecule has 0 saturated carbocycles. The van der Waals surface area contributed by atoms with Crippen LogP contribution in [-0.2, 0) is 0 Å². The molecule has 3 heterocycles. The molecule has 2 aromatic heterocycles. The smallest absolute Gasteiger partial charge is 0.287 e. The first-order valence-electron chi connectivity index (χ1n) is 8.37. The van der Waals surface area contributed by atoms with Gasteiger partial charge in [0, 0.05) is 37.0 Å². The molecule has 0 bridgehead atoms. The Kier molecular flexibility index (Phi) is 4.78. The normalized spacial score (nSPS) is 15.2. The van der Waals surface area contributed by atoms with Crippen LogP contribution >= 0.6 is 0 Å². The van der Waals surface area contributed by atoms with Gasteiger partial charge >= 0.3 is 0 Å². The van der Waals surface area contributed by atoms with E-state index in [0.29, 0.717) is 6.04 Å². The van der Waals surface area contributed by atoms with E-state index >= 15 is 0 Å². The van der Waals surface area contributed by atoms with Crippen molar-refractivity contribution < 1.29 is 4.92 Å². The molecule has 1 aliphatic rings. The van der Waals surface area contributed by atoms with Crippen LogP contribution in [0.15, 0.2) is 18.3 Å². The van der Waals surface area contributed by atoms with Gasteiger partial charge in [-0.05, 0) is 39.2 Å². The first-order chi connectivity index (χ1) is 11.9. The van der Waals surface area contributed by atoms with E-state index in [4.69, 9.17) is 0 Å². The highest BCUT2D eigenvalue weighted by Crippen LogP contribution is 2.23. The summed E-state index contributed by atoms with van der Waals surface area (Å²) in [6.07, 6.45) is 3.22. The van der Waals surface area contributed by atoms with Crippen molar-refractivity contribution in [3.8, 4) is 0 Å². The maximum atomic E-state index is 10.8. The first kappa shape index (κ1) is 17.1. The fourth-order valence-corrected chi connectivity index (χ4v) is 3.12. The fraction of sp³-hybridized carbons (Fsp3) is 0.471. The van der Waals surface area contributed by atoms with Crippen LogP contribution in [0.25, 0.3) is 0 Å².